The molecule has 3 heterocycles. The van der Waals surface area contributed by atoms with Crippen LogP contribution in [0.4, 0.5) is 0 Å². The molecule has 7 rings (SSSR count). The van der Waals surface area contributed by atoms with Crippen molar-refractivity contribution in [3.8, 4) is 0 Å². The van der Waals surface area contributed by atoms with E-state index < -0.39 is 34.4 Å². The van der Waals surface area contributed by atoms with Crippen molar-refractivity contribution in [2.45, 2.75) is 56.6 Å². The summed E-state index contributed by atoms with van der Waals surface area (Å²) in [7, 11) is 0. The number of carbonyl (C=O) groups excluding carboxylic acids is 1. The van der Waals surface area contributed by atoms with Gasteiger partial charge in [0.2, 0.25) is 5.79 Å². The number of rotatable bonds is 0. The highest BCUT2D eigenvalue weighted by Gasteiger charge is 2.89. The minimum atomic E-state index is -2.02. The number of ether oxygens (including phenoxy) is 1. The molecule has 6 heteroatoms. The Morgan fingerprint density at radius 1 is 1.23 bits per heavy atom. The Bertz CT molecular complexity index is 759. The fourth-order valence-electron chi connectivity index (χ4n) is 8.18. The quantitative estimate of drug-likeness (QED) is 0.356. The van der Waals surface area contributed by atoms with Crippen LogP contribution in [0.3, 0.4) is 0 Å². The number of aliphatic hydroxyl groups excluding tert-OH is 2. The van der Waals surface area contributed by atoms with Crippen LogP contribution in [0.2, 0.25) is 0 Å². The van der Waals surface area contributed by atoms with Gasteiger partial charge in [-0.1, -0.05) is 26.0 Å². The summed E-state index contributed by atoms with van der Waals surface area (Å²) in [5, 5.41) is 37.6. The van der Waals surface area contributed by atoms with Gasteiger partial charge in [0.25, 0.3) is 0 Å². The van der Waals surface area contributed by atoms with E-state index in [0.717, 1.165) is 19.3 Å². The van der Waals surface area contributed by atoms with Crippen molar-refractivity contribution in [2.75, 3.05) is 13.2 Å². The molecule has 0 amide bonds. The van der Waals surface area contributed by atoms with Crippen LogP contribution in [0.5, 0.6) is 0 Å². The van der Waals surface area contributed by atoms with Crippen LogP contribution in [0.1, 0.15) is 33.1 Å². The van der Waals surface area contributed by atoms with Gasteiger partial charge in [0.05, 0.1) is 18.2 Å². The van der Waals surface area contributed by atoms with E-state index in [2.05, 4.69) is 31.3 Å². The van der Waals surface area contributed by atoms with Crippen molar-refractivity contribution in [2.24, 2.45) is 34.0 Å². The fourth-order valence-corrected chi connectivity index (χ4v) is 8.18. The van der Waals surface area contributed by atoms with E-state index in [4.69, 9.17) is 4.74 Å². The molecule has 0 aromatic rings. The van der Waals surface area contributed by atoms with Crippen LogP contribution in [-0.2, 0) is 9.53 Å². The van der Waals surface area contributed by atoms with Crippen LogP contribution >= 0.6 is 0 Å². The van der Waals surface area contributed by atoms with Crippen molar-refractivity contribution in [3.63, 3.8) is 0 Å². The Balaban J connectivity index is 1.65. The van der Waals surface area contributed by atoms with Crippen molar-refractivity contribution in [3.05, 3.63) is 12.2 Å². The van der Waals surface area contributed by atoms with Crippen LogP contribution in [0.15, 0.2) is 12.2 Å². The molecule has 4 bridgehead atoms. The van der Waals surface area contributed by atoms with Crippen molar-refractivity contribution in [1.82, 2.24) is 5.32 Å². The lowest BCUT2D eigenvalue weighted by Gasteiger charge is -2.72. The summed E-state index contributed by atoms with van der Waals surface area (Å²) >= 11 is 0. The Kier molecular flexibility index (Phi) is 2.57. The monoisotopic (exact) mass is 361 g/mol. The molecule has 4 aliphatic carbocycles. The lowest BCUT2D eigenvalue weighted by Crippen LogP contribution is -2.83. The van der Waals surface area contributed by atoms with Gasteiger partial charge in [0.15, 0.2) is 5.78 Å². The first-order valence-electron chi connectivity index (χ1n) is 9.89. The number of aliphatic hydroxyl groups is 3. The van der Waals surface area contributed by atoms with Gasteiger partial charge >= 0.3 is 0 Å². The van der Waals surface area contributed by atoms with Gasteiger partial charge in [-0.3, -0.25) is 4.79 Å². The van der Waals surface area contributed by atoms with Gasteiger partial charge in [0.1, 0.15) is 11.5 Å². The Morgan fingerprint density at radius 3 is 2.65 bits per heavy atom. The lowest BCUT2D eigenvalue weighted by atomic mass is 9.37. The predicted molar refractivity (Wildman–Crippen MR) is 90.8 cm³/mol. The molecule has 26 heavy (non-hydrogen) atoms. The van der Waals surface area contributed by atoms with Gasteiger partial charge in [-0.05, 0) is 30.6 Å². The second-order valence-corrected chi connectivity index (χ2v) is 10.3. The Morgan fingerprint density at radius 2 is 1.96 bits per heavy atom. The van der Waals surface area contributed by atoms with Crippen molar-refractivity contribution < 1.29 is 24.9 Å². The highest BCUT2D eigenvalue weighted by molar-refractivity contribution is 6.02. The third-order valence-electron chi connectivity index (χ3n) is 9.13. The fraction of sp³-hybridized carbons (Fsp3) is 0.850. The molecule has 3 spiro atoms. The van der Waals surface area contributed by atoms with E-state index >= 15 is 0 Å². The summed E-state index contributed by atoms with van der Waals surface area (Å²) in [5.41, 5.74) is -2.91. The molecule has 4 N–H and O–H groups in total. The number of allylic oxidation sites excluding steroid dienone is 1. The molecule has 3 aliphatic heterocycles. The predicted octanol–water partition coefficient (Wildman–Crippen LogP) is -0.0334. The van der Waals surface area contributed by atoms with Crippen molar-refractivity contribution in [1.29, 1.82) is 0 Å². The van der Waals surface area contributed by atoms with E-state index in [1.165, 1.54) is 0 Å². The summed E-state index contributed by atoms with van der Waals surface area (Å²) in [5.74, 6) is -2.77. The van der Waals surface area contributed by atoms with Gasteiger partial charge in [0, 0.05) is 23.8 Å². The maximum atomic E-state index is 13.7. The standard InChI is InChI=1S/C20H27NO5/c1-16(2)6-3-7-17-9-26-20(25,14(23)12(16)17)19-11(17)5-4-10(13(19)22)18(8-21-18)15(19)24/h3,7,10-14,21-23,25H,4-6,8-9H2,1-2H3/t10-,11+,12?,13-,14+,17-,18?,19-,20-/m1/s1. The SMILES string of the molecule is CC1(C)CC=C[C@]23CO[C@](O)([C@@H](O)C12)[C@]12C(=O)C4(CN4)[C@H](CC[C@H]13)[C@H]2O. The lowest BCUT2D eigenvalue weighted by molar-refractivity contribution is -0.436. The molecule has 3 saturated heterocycles. The zero-order valence-corrected chi connectivity index (χ0v) is 15.2. The van der Waals surface area contributed by atoms with E-state index in [-0.39, 0.29) is 29.0 Å². The maximum absolute atomic E-state index is 13.7. The van der Waals surface area contributed by atoms with E-state index in [9.17, 15) is 20.1 Å². The number of carbonyl (C=O) groups is 1. The maximum Gasteiger partial charge on any atom is 0.208 e. The highest BCUT2D eigenvalue weighted by Crippen LogP contribution is 2.76. The van der Waals surface area contributed by atoms with Crippen LogP contribution in [0, 0.1) is 34.0 Å². The van der Waals surface area contributed by atoms with Crippen LogP contribution < -0.4 is 5.32 Å². The molecule has 9 atom stereocenters. The van der Waals surface area contributed by atoms with Gasteiger partial charge < -0.3 is 25.4 Å². The number of ketones is 1. The highest BCUT2D eigenvalue weighted by atomic mass is 16.6. The average Bonchev–Trinajstić information content (AvgIpc) is 3.36. The third kappa shape index (κ3) is 1.26. The molecule has 6 nitrogen and oxygen atoms in total. The molecular weight excluding hydrogens is 334 g/mol. The molecule has 3 saturated carbocycles. The topological polar surface area (TPSA) is 109 Å². The summed E-state index contributed by atoms with van der Waals surface area (Å²) in [6, 6.07) is 0. The molecule has 2 unspecified atom stereocenters. The van der Waals surface area contributed by atoms with Crippen LogP contribution in [0.25, 0.3) is 0 Å². The normalized spacial score (nSPS) is 63.7. The molecule has 7 aliphatic rings. The molecular formula is C20H27NO5. The Labute approximate surface area is 152 Å². The van der Waals surface area contributed by atoms with Crippen LogP contribution in [-0.4, -0.2) is 57.8 Å². The summed E-state index contributed by atoms with van der Waals surface area (Å²) < 4.78 is 5.93. The van der Waals surface area contributed by atoms with Gasteiger partial charge in [-0.25, -0.2) is 0 Å². The minimum absolute atomic E-state index is 0.138. The zero-order chi connectivity index (χ0) is 18.3. The number of nitrogens with one attached hydrogen (secondary N) is 1. The van der Waals surface area contributed by atoms with Crippen molar-refractivity contribution >= 4 is 5.78 Å². The largest absolute Gasteiger partial charge is 0.391 e. The summed E-state index contributed by atoms with van der Waals surface area (Å²) in [6.45, 7) is 5.07. The van der Waals surface area contributed by atoms with Gasteiger partial charge in [-0.2, -0.15) is 0 Å². The first-order chi connectivity index (χ1) is 12.2. The number of fused-ring (bicyclic) bond motifs is 3. The smallest absolute Gasteiger partial charge is 0.208 e. The second-order valence-electron chi connectivity index (χ2n) is 10.3. The Hall–Kier alpha value is -0.790. The second kappa shape index (κ2) is 4.13. The number of Topliss-reactive ketones (excluding diaryl/α,β-unsaturated/α-hetero) is 1. The third-order valence-corrected chi connectivity index (χ3v) is 9.13. The average molecular weight is 361 g/mol. The molecule has 6 fully saturated rings. The molecule has 0 aromatic heterocycles. The summed E-state index contributed by atoms with van der Waals surface area (Å²) in [6.07, 6.45) is 4.44. The van der Waals surface area contributed by atoms with E-state index in [1.807, 2.05) is 0 Å². The first-order valence-corrected chi connectivity index (χ1v) is 9.89. The first kappa shape index (κ1) is 16.2. The minimum Gasteiger partial charge on any atom is -0.391 e. The van der Waals surface area contributed by atoms with E-state index in [0.29, 0.717) is 13.2 Å². The number of hydrogen-bond acceptors (Lipinski definition) is 6. The molecule has 142 valence electrons. The molecule has 0 aromatic carbocycles. The van der Waals surface area contributed by atoms with E-state index in [1.54, 1.807) is 0 Å². The number of hydrogen-bond donors (Lipinski definition) is 4. The summed E-state index contributed by atoms with van der Waals surface area (Å²) in [4.78, 5) is 13.7. The molecule has 0 radical (unpaired) electrons. The van der Waals surface area contributed by atoms with Gasteiger partial charge in [-0.15, -0.1) is 0 Å². The zero-order valence-electron chi connectivity index (χ0n) is 15.2.